The van der Waals surface area contributed by atoms with Crippen molar-refractivity contribution < 1.29 is 14.6 Å². The average molecular weight is 458 g/mol. The zero-order chi connectivity index (χ0) is 20.8. The summed E-state index contributed by atoms with van der Waals surface area (Å²) in [5, 5.41) is 17.2. The largest absolute Gasteiger partial charge is 0.471 e. The van der Waals surface area contributed by atoms with Crippen molar-refractivity contribution in [2.24, 2.45) is 0 Å². The SMILES string of the molecule is CC(C)c1ccc(C(O)CNC(=O)c2ccn(COc3ccc(Br)cc3)n2)cc1. The quantitative estimate of drug-likeness (QED) is 0.529. The Morgan fingerprint density at radius 2 is 1.76 bits per heavy atom. The summed E-state index contributed by atoms with van der Waals surface area (Å²) in [6, 6.07) is 16.9. The number of nitrogens with zero attached hydrogens (tertiary/aromatic N) is 2. The number of aliphatic hydroxyl groups excluding tert-OH is 1. The van der Waals surface area contributed by atoms with E-state index in [4.69, 9.17) is 4.74 Å². The number of ether oxygens (including phenoxy) is 1. The third-order valence-corrected chi connectivity index (χ3v) is 5.02. The van der Waals surface area contributed by atoms with E-state index in [1.165, 1.54) is 10.2 Å². The van der Waals surface area contributed by atoms with Crippen molar-refractivity contribution in [1.29, 1.82) is 0 Å². The Balaban J connectivity index is 1.49. The van der Waals surface area contributed by atoms with Crippen LogP contribution in [0.15, 0.2) is 65.3 Å². The van der Waals surface area contributed by atoms with Gasteiger partial charge in [-0.05, 0) is 47.4 Å². The van der Waals surface area contributed by atoms with Crippen LogP contribution in [0.5, 0.6) is 5.75 Å². The lowest BCUT2D eigenvalue weighted by molar-refractivity contribution is 0.0909. The molecule has 1 aromatic heterocycles. The van der Waals surface area contributed by atoms with Crippen LogP contribution in [0.1, 0.15) is 47.5 Å². The third-order valence-electron chi connectivity index (χ3n) is 4.49. The topological polar surface area (TPSA) is 76.4 Å². The highest BCUT2D eigenvalue weighted by atomic mass is 79.9. The Kier molecular flexibility index (Phi) is 7.06. The number of aliphatic hydroxyl groups is 1. The molecule has 2 N–H and O–H groups in total. The van der Waals surface area contributed by atoms with Crippen LogP contribution in [0.4, 0.5) is 0 Å². The maximum Gasteiger partial charge on any atom is 0.271 e. The van der Waals surface area contributed by atoms with Crippen LogP contribution in [0.3, 0.4) is 0 Å². The van der Waals surface area contributed by atoms with Gasteiger partial charge in [-0.1, -0.05) is 54.0 Å². The molecule has 0 spiro atoms. The van der Waals surface area contributed by atoms with Crippen LogP contribution in [0.2, 0.25) is 0 Å². The van der Waals surface area contributed by atoms with E-state index in [1.54, 1.807) is 12.3 Å². The zero-order valence-corrected chi connectivity index (χ0v) is 18.0. The molecule has 1 atom stereocenters. The number of carbonyl (C=O) groups excluding carboxylic acids is 1. The lowest BCUT2D eigenvalue weighted by Crippen LogP contribution is -2.28. The number of hydrogen-bond donors (Lipinski definition) is 2. The maximum atomic E-state index is 12.3. The van der Waals surface area contributed by atoms with E-state index < -0.39 is 6.10 Å². The van der Waals surface area contributed by atoms with Crippen molar-refractivity contribution in [1.82, 2.24) is 15.1 Å². The lowest BCUT2D eigenvalue weighted by Gasteiger charge is -2.13. The molecule has 0 saturated carbocycles. The Hall–Kier alpha value is -2.64. The van der Waals surface area contributed by atoms with Crippen LogP contribution in [0, 0.1) is 0 Å². The van der Waals surface area contributed by atoms with Crippen LogP contribution < -0.4 is 10.1 Å². The van der Waals surface area contributed by atoms with Gasteiger partial charge in [0.15, 0.2) is 6.73 Å². The summed E-state index contributed by atoms with van der Waals surface area (Å²) >= 11 is 3.37. The highest BCUT2D eigenvalue weighted by Crippen LogP contribution is 2.19. The molecular formula is C22H24BrN3O3. The van der Waals surface area contributed by atoms with Crippen LogP contribution in [-0.4, -0.2) is 27.3 Å². The number of nitrogens with one attached hydrogen (secondary N) is 1. The molecule has 1 amide bonds. The first kappa shape index (κ1) is 21.1. The predicted molar refractivity (Wildman–Crippen MR) is 115 cm³/mol. The van der Waals surface area contributed by atoms with Gasteiger partial charge < -0.3 is 15.2 Å². The van der Waals surface area contributed by atoms with Crippen LogP contribution >= 0.6 is 15.9 Å². The molecule has 29 heavy (non-hydrogen) atoms. The molecule has 1 heterocycles. The summed E-state index contributed by atoms with van der Waals surface area (Å²) in [5.41, 5.74) is 2.25. The van der Waals surface area contributed by atoms with Gasteiger partial charge in [-0.15, -0.1) is 0 Å². The number of hydrogen-bond acceptors (Lipinski definition) is 4. The van der Waals surface area contributed by atoms with E-state index in [0.717, 1.165) is 10.0 Å². The molecule has 3 rings (SSSR count). The van der Waals surface area contributed by atoms with Crippen molar-refractivity contribution >= 4 is 21.8 Å². The minimum atomic E-state index is -0.775. The van der Waals surface area contributed by atoms with E-state index in [2.05, 4.69) is 40.2 Å². The maximum absolute atomic E-state index is 12.3. The van der Waals surface area contributed by atoms with E-state index in [9.17, 15) is 9.90 Å². The molecule has 0 saturated heterocycles. The minimum Gasteiger partial charge on any atom is -0.471 e. The highest BCUT2D eigenvalue weighted by molar-refractivity contribution is 9.10. The van der Waals surface area contributed by atoms with Gasteiger partial charge >= 0.3 is 0 Å². The summed E-state index contributed by atoms with van der Waals surface area (Å²) in [6.45, 7) is 4.55. The first-order valence-corrected chi connectivity index (χ1v) is 10.2. The van der Waals surface area contributed by atoms with Crippen LogP contribution in [-0.2, 0) is 6.73 Å². The number of rotatable bonds is 8. The second-order valence-electron chi connectivity index (χ2n) is 7.01. The summed E-state index contributed by atoms with van der Waals surface area (Å²) < 4.78 is 8.14. The predicted octanol–water partition coefficient (Wildman–Crippen LogP) is 4.27. The number of amides is 1. The molecule has 0 aliphatic rings. The van der Waals surface area contributed by atoms with E-state index >= 15 is 0 Å². The van der Waals surface area contributed by atoms with Gasteiger partial charge in [0.05, 0.1) is 6.10 Å². The van der Waals surface area contributed by atoms with Crippen molar-refractivity contribution in [2.75, 3.05) is 6.54 Å². The standard InChI is InChI=1S/C22H24BrN3O3/c1-15(2)16-3-5-17(6-4-16)21(27)13-24-22(28)20-11-12-26(25-20)14-29-19-9-7-18(23)8-10-19/h3-12,15,21,27H,13-14H2,1-2H3,(H,24,28). The molecule has 7 heteroatoms. The van der Waals surface area contributed by atoms with Gasteiger partial charge in [-0.2, -0.15) is 5.10 Å². The van der Waals surface area contributed by atoms with Crippen molar-refractivity contribution in [3.05, 3.63) is 82.1 Å². The molecule has 0 aliphatic carbocycles. The second-order valence-corrected chi connectivity index (χ2v) is 7.93. The first-order valence-electron chi connectivity index (χ1n) is 9.40. The summed E-state index contributed by atoms with van der Waals surface area (Å²) in [5.74, 6) is 0.801. The smallest absolute Gasteiger partial charge is 0.271 e. The van der Waals surface area contributed by atoms with Gasteiger partial charge in [-0.25, -0.2) is 4.68 Å². The number of benzene rings is 2. The molecule has 152 valence electrons. The monoisotopic (exact) mass is 457 g/mol. The Morgan fingerprint density at radius 1 is 1.10 bits per heavy atom. The molecule has 6 nitrogen and oxygen atoms in total. The van der Waals surface area contributed by atoms with Crippen molar-refractivity contribution in [3.8, 4) is 5.75 Å². The molecule has 0 aliphatic heterocycles. The molecule has 0 radical (unpaired) electrons. The Bertz CT molecular complexity index is 937. The number of carbonyl (C=O) groups is 1. The van der Waals surface area contributed by atoms with E-state index in [0.29, 0.717) is 11.7 Å². The van der Waals surface area contributed by atoms with Gasteiger partial charge in [0, 0.05) is 17.2 Å². The number of aromatic nitrogens is 2. The molecule has 0 bridgehead atoms. The highest BCUT2D eigenvalue weighted by Gasteiger charge is 2.13. The first-order chi connectivity index (χ1) is 13.9. The Morgan fingerprint density at radius 3 is 2.41 bits per heavy atom. The summed E-state index contributed by atoms with van der Waals surface area (Å²) in [4.78, 5) is 12.3. The molecule has 2 aromatic carbocycles. The molecule has 1 unspecified atom stereocenters. The fourth-order valence-corrected chi connectivity index (χ4v) is 2.99. The van der Waals surface area contributed by atoms with Gasteiger partial charge in [-0.3, -0.25) is 4.79 Å². The normalized spacial score (nSPS) is 12.0. The Labute approximate surface area is 178 Å². The summed E-state index contributed by atoms with van der Waals surface area (Å²) in [7, 11) is 0. The molecule has 0 fully saturated rings. The van der Waals surface area contributed by atoms with E-state index in [-0.39, 0.29) is 24.9 Å². The van der Waals surface area contributed by atoms with Crippen LogP contribution in [0.25, 0.3) is 0 Å². The number of halogens is 1. The fourth-order valence-electron chi connectivity index (χ4n) is 2.73. The van der Waals surface area contributed by atoms with Crippen molar-refractivity contribution in [2.45, 2.75) is 32.6 Å². The van der Waals surface area contributed by atoms with Gasteiger partial charge in [0.2, 0.25) is 0 Å². The average Bonchev–Trinajstić information content (AvgIpc) is 3.20. The molecule has 3 aromatic rings. The van der Waals surface area contributed by atoms with E-state index in [1.807, 2.05) is 48.5 Å². The van der Waals surface area contributed by atoms with Gasteiger partial charge in [0.1, 0.15) is 11.4 Å². The molecular weight excluding hydrogens is 434 g/mol. The van der Waals surface area contributed by atoms with Crippen molar-refractivity contribution in [3.63, 3.8) is 0 Å². The lowest BCUT2D eigenvalue weighted by atomic mass is 10.00. The zero-order valence-electron chi connectivity index (χ0n) is 16.4. The minimum absolute atomic E-state index is 0.113. The summed E-state index contributed by atoms with van der Waals surface area (Å²) in [6.07, 6.45) is 0.900. The third kappa shape index (κ3) is 5.92. The van der Waals surface area contributed by atoms with Gasteiger partial charge in [0.25, 0.3) is 5.91 Å². The second kappa shape index (κ2) is 9.71. The fraction of sp³-hybridized carbons (Fsp3) is 0.273.